The van der Waals surface area contributed by atoms with Crippen molar-refractivity contribution in [2.45, 2.75) is 72.5 Å². The Balaban J connectivity index is 2.77. The van der Waals surface area contributed by atoms with Gasteiger partial charge in [0.1, 0.15) is 5.60 Å². The molecule has 4 heteroatoms. The fourth-order valence-corrected chi connectivity index (χ4v) is 3.52. The number of nitrogens with zero attached hydrogens (tertiary/aromatic N) is 1. The molecule has 0 aliphatic carbocycles. The summed E-state index contributed by atoms with van der Waals surface area (Å²) in [6.07, 6.45) is 1.25. The Morgan fingerprint density at radius 3 is 1.96 bits per heavy atom. The molecule has 1 amide bonds. The van der Waals surface area contributed by atoms with Crippen LogP contribution in [0.25, 0.3) is 0 Å². The number of carbonyl (C=O) groups excluding carboxylic acids is 1. The molecule has 1 aliphatic rings. The van der Waals surface area contributed by atoms with E-state index in [-0.39, 0.29) is 12.0 Å². The van der Waals surface area contributed by atoms with Gasteiger partial charge in [0.15, 0.2) is 0 Å². The number of carbonyl (C=O) groups is 1. The maximum atomic E-state index is 12.1. The summed E-state index contributed by atoms with van der Waals surface area (Å²) >= 11 is 0. The normalized spacial score (nSPS) is 19.0. The van der Waals surface area contributed by atoms with Crippen LogP contribution in [-0.2, 0) is 4.74 Å². The summed E-state index contributed by atoms with van der Waals surface area (Å²) in [5.74, 6) is 0.114. The van der Waals surface area contributed by atoms with Gasteiger partial charge in [0.2, 0.25) is 0 Å². The summed E-state index contributed by atoms with van der Waals surface area (Å²) in [5.41, 5.74) is 1.55. The molecule has 1 heterocycles. The minimum absolute atomic E-state index is 0.114. The number of aliphatic hydroxyl groups is 1. The zero-order chi connectivity index (χ0) is 18.0. The molecule has 4 nitrogen and oxygen atoms in total. The van der Waals surface area contributed by atoms with Crippen LogP contribution in [0.3, 0.4) is 0 Å². The van der Waals surface area contributed by atoms with E-state index in [4.69, 9.17) is 4.74 Å². The van der Waals surface area contributed by atoms with Crippen molar-refractivity contribution < 1.29 is 14.6 Å². The van der Waals surface area contributed by atoms with Gasteiger partial charge in [-0.25, -0.2) is 4.79 Å². The first-order valence-electron chi connectivity index (χ1n) is 8.40. The highest BCUT2D eigenvalue weighted by Crippen LogP contribution is 2.38. The van der Waals surface area contributed by atoms with Crippen molar-refractivity contribution in [2.75, 3.05) is 13.1 Å². The molecular formula is C19H33NO3. The van der Waals surface area contributed by atoms with Gasteiger partial charge in [-0.3, -0.25) is 0 Å². The van der Waals surface area contributed by atoms with Gasteiger partial charge in [-0.2, -0.15) is 0 Å². The van der Waals surface area contributed by atoms with Gasteiger partial charge in [0.25, 0.3) is 0 Å². The lowest BCUT2D eigenvalue weighted by molar-refractivity contribution is -0.0126. The van der Waals surface area contributed by atoms with Crippen LogP contribution in [0.15, 0.2) is 23.3 Å². The number of hydrogen-bond acceptors (Lipinski definition) is 3. The fraction of sp³-hybridized carbons (Fsp3) is 0.737. The SMILES string of the molecule is C=C(C)C(=C(C)C)C(C)(O)C1CCN(C(=O)OC(C)(C)C)CC1. The Hall–Kier alpha value is -1.29. The van der Waals surface area contributed by atoms with E-state index in [0.29, 0.717) is 13.1 Å². The van der Waals surface area contributed by atoms with Crippen LogP contribution in [0.4, 0.5) is 4.79 Å². The minimum atomic E-state index is -0.912. The van der Waals surface area contributed by atoms with Gasteiger partial charge in [0.05, 0.1) is 5.60 Å². The van der Waals surface area contributed by atoms with E-state index < -0.39 is 11.2 Å². The van der Waals surface area contributed by atoms with Gasteiger partial charge in [-0.15, -0.1) is 0 Å². The number of hydrogen-bond donors (Lipinski definition) is 1. The Labute approximate surface area is 141 Å². The molecule has 1 unspecified atom stereocenters. The maximum Gasteiger partial charge on any atom is 0.410 e. The topological polar surface area (TPSA) is 49.8 Å². The first-order chi connectivity index (χ1) is 10.4. The van der Waals surface area contributed by atoms with E-state index >= 15 is 0 Å². The van der Waals surface area contributed by atoms with E-state index in [2.05, 4.69) is 6.58 Å². The molecule has 1 saturated heterocycles. The van der Waals surface area contributed by atoms with Crippen molar-refractivity contribution in [1.29, 1.82) is 0 Å². The van der Waals surface area contributed by atoms with Gasteiger partial charge in [-0.05, 0) is 72.8 Å². The second kappa shape index (κ2) is 7.08. The van der Waals surface area contributed by atoms with Gasteiger partial charge >= 0.3 is 6.09 Å². The van der Waals surface area contributed by atoms with Crippen LogP contribution in [-0.4, -0.2) is 40.4 Å². The molecule has 0 aromatic carbocycles. The fourth-order valence-electron chi connectivity index (χ4n) is 3.52. The number of ether oxygens (including phenoxy) is 1. The average molecular weight is 323 g/mol. The first-order valence-corrected chi connectivity index (χ1v) is 8.40. The molecule has 0 saturated carbocycles. The Morgan fingerprint density at radius 1 is 1.13 bits per heavy atom. The molecule has 0 aromatic heterocycles. The van der Waals surface area contributed by atoms with E-state index in [1.165, 1.54) is 0 Å². The monoisotopic (exact) mass is 323 g/mol. The second-order valence-electron chi connectivity index (χ2n) is 8.04. The van der Waals surface area contributed by atoms with Gasteiger partial charge in [-0.1, -0.05) is 17.7 Å². The van der Waals surface area contributed by atoms with Crippen LogP contribution < -0.4 is 0 Å². The second-order valence-corrected chi connectivity index (χ2v) is 8.04. The predicted octanol–water partition coefficient (Wildman–Crippen LogP) is 4.30. The molecule has 0 spiro atoms. The zero-order valence-corrected chi connectivity index (χ0v) is 15.8. The van der Waals surface area contributed by atoms with Crippen LogP contribution in [0.5, 0.6) is 0 Å². The van der Waals surface area contributed by atoms with Crippen molar-refractivity contribution in [1.82, 2.24) is 4.90 Å². The Kier molecular flexibility index (Phi) is 6.08. The minimum Gasteiger partial charge on any atom is -0.444 e. The molecule has 1 N–H and O–H groups in total. The standard InChI is InChI=1S/C19H33NO3/c1-13(2)16(14(3)4)19(8,22)15-9-11-20(12-10-15)17(21)23-18(5,6)7/h15,22H,1,9-12H2,2-8H3. The molecule has 1 rings (SSSR count). The van der Waals surface area contributed by atoms with Gasteiger partial charge in [0, 0.05) is 13.1 Å². The lowest BCUT2D eigenvalue weighted by Crippen LogP contribution is -2.47. The highest BCUT2D eigenvalue weighted by atomic mass is 16.6. The lowest BCUT2D eigenvalue weighted by atomic mass is 9.74. The highest BCUT2D eigenvalue weighted by molar-refractivity contribution is 5.68. The number of amides is 1. The molecule has 0 bridgehead atoms. The molecule has 23 heavy (non-hydrogen) atoms. The number of rotatable bonds is 3. The van der Waals surface area contributed by atoms with Crippen molar-refractivity contribution in [3.05, 3.63) is 23.3 Å². The largest absolute Gasteiger partial charge is 0.444 e. The van der Waals surface area contributed by atoms with Crippen LogP contribution in [0.2, 0.25) is 0 Å². The molecule has 1 fully saturated rings. The van der Waals surface area contributed by atoms with Crippen molar-refractivity contribution in [3.8, 4) is 0 Å². The Bertz CT molecular complexity index is 485. The summed E-state index contributed by atoms with van der Waals surface area (Å²) in [5, 5.41) is 11.1. The first kappa shape index (κ1) is 19.8. The third-order valence-corrected chi connectivity index (χ3v) is 4.37. The van der Waals surface area contributed by atoms with Crippen molar-refractivity contribution >= 4 is 6.09 Å². The average Bonchev–Trinajstić information content (AvgIpc) is 2.35. The third-order valence-electron chi connectivity index (χ3n) is 4.37. The molecule has 0 aromatic rings. The number of piperidine rings is 1. The summed E-state index contributed by atoms with van der Waals surface area (Å²) in [4.78, 5) is 13.9. The predicted molar refractivity (Wildman–Crippen MR) is 94.3 cm³/mol. The maximum absolute atomic E-state index is 12.1. The van der Waals surface area contributed by atoms with E-state index in [9.17, 15) is 9.90 Å². The summed E-state index contributed by atoms with van der Waals surface area (Å²) in [6, 6.07) is 0. The molecule has 132 valence electrons. The summed E-state index contributed by atoms with van der Waals surface area (Å²) < 4.78 is 5.42. The van der Waals surface area contributed by atoms with Crippen LogP contribution in [0.1, 0.15) is 61.3 Å². The number of allylic oxidation sites excluding steroid dienone is 1. The third kappa shape index (κ3) is 5.10. The molecular weight excluding hydrogens is 290 g/mol. The summed E-state index contributed by atoms with van der Waals surface area (Å²) in [7, 11) is 0. The Morgan fingerprint density at radius 2 is 1.61 bits per heavy atom. The van der Waals surface area contributed by atoms with Crippen molar-refractivity contribution in [2.24, 2.45) is 5.92 Å². The lowest BCUT2D eigenvalue weighted by Gasteiger charge is -2.41. The molecule has 1 aliphatic heterocycles. The quantitative estimate of drug-likeness (QED) is 0.788. The molecule has 0 radical (unpaired) electrons. The zero-order valence-electron chi connectivity index (χ0n) is 15.8. The van der Waals surface area contributed by atoms with E-state index in [1.54, 1.807) is 4.90 Å². The van der Waals surface area contributed by atoms with Gasteiger partial charge < -0.3 is 14.7 Å². The molecule has 1 atom stereocenters. The number of likely N-dealkylation sites (tertiary alicyclic amines) is 1. The summed E-state index contributed by atoms with van der Waals surface area (Å²) in [6.45, 7) is 18.7. The van der Waals surface area contributed by atoms with Crippen LogP contribution in [0, 0.1) is 5.92 Å². The van der Waals surface area contributed by atoms with E-state index in [0.717, 1.165) is 29.6 Å². The highest BCUT2D eigenvalue weighted by Gasteiger charge is 2.39. The smallest absolute Gasteiger partial charge is 0.410 e. The van der Waals surface area contributed by atoms with Crippen molar-refractivity contribution in [3.63, 3.8) is 0 Å². The van der Waals surface area contributed by atoms with E-state index in [1.807, 2.05) is 48.5 Å². The van der Waals surface area contributed by atoms with Crippen LogP contribution >= 0.6 is 0 Å².